The normalized spacial score (nSPS) is 22.6. The molecule has 0 aliphatic carbocycles. The van der Waals surface area contributed by atoms with Crippen LogP contribution in [0.1, 0.15) is 62.9 Å². The molecule has 4 aromatic rings. The van der Waals surface area contributed by atoms with E-state index in [-0.39, 0.29) is 22.9 Å². The number of non-ortho nitro benzene ring substituents is 1. The molecule has 0 unspecified atom stereocenters. The lowest BCUT2D eigenvalue weighted by Gasteiger charge is -2.38. The summed E-state index contributed by atoms with van der Waals surface area (Å²) in [6.45, 7) is 4.26. The molecule has 0 aromatic heterocycles. The molecule has 4 atom stereocenters. The van der Waals surface area contributed by atoms with Gasteiger partial charge in [0.1, 0.15) is 11.5 Å². The Kier molecular flexibility index (Phi) is 6.73. The van der Waals surface area contributed by atoms with Crippen LogP contribution in [0, 0.1) is 22.0 Å². The SMILES string of the molecule is CC(C)Cc1ccc(C(=O)[C@@H]2[C@H](C(=O)c3cccc([N+](=O)[O-])c3)N3C=Cc4ccccc4[C@H]3[C@]23C(=O)Nc2ccccc23)cc1. The minimum atomic E-state index is -1.47. The highest BCUT2D eigenvalue weighted by atomic mass is 16.6. The molecule has 0 bridgehead atoms. The van der Waals surface area contributed by atoms with Gasteiger partial charge >= 0.3 is 0 Å². The number of ketones is 2. The van der Waals surface area contributed by atoms with Crippen LogP contribution in [0.4, 0.5) is 11.4 Å². The maximum Gasteiger partial charge on any atom is 0.270 e. The average Bonchev–Trinajstić information content (AvgIpc) is 3.52. The number of nitrogens with one attached hydrogen (secondary N) is 1. The Hall–Kier alpha value is -5.37. The van der Waals surface area contributed by atoms with Crippen LogP contribution in [0.15, 0.2) is 103 Å². The third kappa shape index (κ3) is 4.31. The van der Waals surface area contributed by atoms with Crippen molar-refractivity contribution in [2.24, 2.45) is 11.8 Å². The predicted molar refractivity (Wildman–Crippen MR) is 171 cm³/mol. The first-order valence-corrected chi connectivity index (χ1v) is 15.1. The van der Waals surface area contributed by atoms with Gasteiger partial charge in [-0.25, -0.2) is 0 Å². The number of nitro groups is 1. The standard InChI is InChI=1S/C37H31N3O5/c1-22(2)20-23-14-16-25(17-15-23)33(41)31-32(34(42)26-9-7-10-27(21-26)40(44)45)39-19-18-24-8-3-4-11-28(24)35(39)37(31)29-12-5-6-13-30(29)38-36(37)43/h3-19,21-22,31-32,35H,20H2,1-2H3,(H,38,43)/t31-,32+,35-,37+/m0/s1. The molecule has 0 radical (unpaired) electrons. The molecule has 3 aliphatic heterocycles. The highest BCUT2D eigenvalue weighted by molar-refractivity contribution is 6.16. The van der Waals surface area contributed by atoms with Crippen molar-refractivity contribution in [2.45, 2.75) is 37.8 Å². The number of nitrogens with zero attached hydrogens (tertiary/aromatic N) is 2. The fourth-order valence-corrected chi connectivity index (χ4v) is 7.57. The first-order chi connectivity index (χ1) is 21.7. The minimum Gasteiger partial charge on any atom is -0.358 e. The van der Waals surface area contributed by atoms with Gasteiger partial charge < -0.3 is 10.2 Å². The van der Waals surface area contributed by atoms with Crippen LogP contribution < -0.4 is 5.32 Å². The molecule has 3 heterocycles. The average molecular weight is 598 g/mol. The molecule has 3 aliphatic rings. The maximum absolute atomic E-state index is 15.0. The lowest BCUT2D eigenvalue weighted by atomic mass is 9.62. The Bertz CT molecular complexity index is 1910. The molecular weight excluding hydrogens is 566 g/mol. The number of carbonyl (C=O) groups excluding carboxylic acids is 3. The van der Waals surface area contributed by atoms with Crippen LogP contribution in [-0.2, 0) is 16.6 Å². The van der Waals surface area contributed by atoms with E-state index in [2.05, 4.69) is 19.2 Å². The zero-order chi connectivity index (χ0) is 31.5. The Balaban J connectivity index is 1.48. The smallest absolute Gasteiger partial charge is 0.270 e. The van der Waals surface area contributed by atoms with Crippen molar-refractivity contribution in [3.05, 3.63) is 147 Å². The van der Waals surface area contributed by atoms with Crippen molar-refractivity contribution in [1.82, 2.24) is 4.90 Å². The summed E-state index contributed by atoms with van der Waals surface area (Å²) in [5.74, 6) is -1.86. The van der Waals surface area contributed by atoms with E-state index in [1.165, 1.54) is 24.3 Å². The molecule has 1 spiro atoms. The molecule has 1 fully saturated rings. The third-order valence-corrected chi connectivity index (χ3v) is 9.35. The highest BCUT2D eigenvalue weighted by Crippen LogP contribution is 2.62. The Morgan fingerprint density at radius 3 is 2.40 bits per heavy atom. The molecule has 8 heteroatoms. The van der Waals surface area contributed by atoms with Gasteiger partial charge in [-0.05, 0) is 46.7 Å². The zero-order valence-corrected chi connectivity index (χ0v) is 24.8. The van der Waals surface area contributed by atoms with E-state index < -0.39 is 34.1 Å². The van der Waals surface area contributed by atoms with Gasteiger partial charge in [-0.3, -0.25) is 24.5 Å². The molecule has 7 rings (SSSR count). The summed E-state index contributed by atoms with van der Waals surface area (Å²) in [7, 11) is 0. The van der Waals surface area contributed by atoms with Crippen molar-refractivity contribution >= 4 is 34.9 Å². The first-order valence-electron chi connectivity index (χ1n) is 15.1. The fourth-order valence-electron chi connectivity index (χ4n) is 7.57. The molecule has 224 valence electrons. The summed E-state index contributed by atoms with van der Waals surface area (Å²) in [5.41, 5.74) is 2.87. The molecular formula is C37H31N3O5. The van der Waals surface area contributed by atoms with Gasteiger partial charge in [-0.1, -0.05) is 92.7 Å². The molecule has 1 N–H and O–H groups in total. The monoisotopic (exact) mass is 597 g/mol. The van der Waals surface area contributed by atoms with Crippen LogP contribution in [0.3, 0.4) is 0 Å². The number of nitro benzene ring substituents is 1. The van der Waals surface area contributed by atoms with Crippen molar-refractivity contribution in [3.63, 3.8) is 0 Å². The van der Waals surface area contributed by atoms with Gasteiger partial charge in [-0.2, -0.15) is 0 Å². The largest absolute Gasteiger partial charge is 0.358 e. The number of hydrogen-bond acceptors (Lipinski definition) is 6. The highest BCUT2D eigenvalue weighted by Gasteiger charge is 2.70. The summed E-state index contributed by atoms with van der Waals surface area (Å²) in [4.78, 5) is 57.2. The van der Waals surface area contributed by atoms with Gasteiger partial charge in [0, 0.05) is 35.1 Å². The lowest BCUT2D eigenvalue weighted by Crippen LogP contribution is -2.49. The van der Waals surface area contributed by atoms with Gasteiger partial charge in [0.05, 0.1) is 16.9 Å². The van der Waals surface area contributed by atoms with Crippen molar-refractivity contribution in [1.29, 1.82) is 0 Å². The zero-order valence-electron chi connectivity index (χ0n) is 24.8. The van der Waals surface area contributed by atoms with E-state index in [4.69, 9.17) is 0 Å². The van der Waals surface area contributed by atoms with Gasteiger partial charge in [0.25, 0.3) is 5.69 Å². The van der Waals surface area contributed by atoms with E-state index >= 15 is 0 Å². The molecule has 0 saturated carbocycles. The quantitative estimate of drug-likeness (QED) is 0.143. The Morgan fingerprint density at radius 1 is 0.911 bits per heavy atom. The van der Waals surface area contributed by atoms with Crippen molar-refractivity contribution in [3.8, 4) is 0 Å². The molecule has 45 heavy (non-hydrogen) atoms. The number of anilines is 1. The minimum absolute atomic E-state index is 0.106. The van der Waals surface area contributed by atoms with Crippen molar-refractivity contribution < 1.29 is 19.3 Å². The van der Waals surface area contributed by atoms with Gasteiger partial charge in [0.15, 0.2) is 11.6 Å². The molecule has 8 nitrogen and oxygen atoms in total. The summed E-state index contributed by atoms with van der Waals surface area (Å²) in [5, 5.41) is 14.7. The first kappa shape index (κ1) is 28.4. The second-order valence-electron chi connectivity index (χ2n) is 12.4. The van der Waals surface area contributed by atoms with E-state index in [9.17, 15) is 24.5 Å². The van der Waals surface area contributed by atoms with E-state index in [1.807, 2.05) is 71.6 Å². The number of hydrogen-bond donors (Lipinski definition) is 1. The van der Waals surface area contributed by atoms with Crippen LogP contribution in [-0.4, -0.2) is 33.3 Å². The van der Waals surface area contributed by atoms with Crippen molar-refractivity contribution in [2.75, 3.05) is 5.32 Å². The Labute approximate surface area is 260 Å². The summed E-state index contributed by atoms with van der Waals surface area (Å²) < 4.78 is 0. The number of benzene rings is 4. The number of rotatable bonds is 7. The maximum atomic E-state index is 15.0. The summed E-state index contributed by atoms with van der Waals surface area (Å²) in [6, 6.07) is 26.2. The van der Waals surface area contributed by atoms with Crippen LogP contribution >= 0.6 is 0 Å². The second-order valence-corrected chi connectivity index (χ2v) is 12.4. The van der Waals surface area contributed by atoms with E-state index in [1.54, 1.807) is 18.3 Å². The van der Waals surface area contributed by atoms with Crippen LogP contribution in [0.5, 0.6) is 0 Å². The lowest BCUT2D eigenvalue weighted by molar-refractivity contribution is -0.384. The number of Topliss-reactive ketones (excluding diaryl/α,β-unsaturated/α-hetero) is 2. The molecule has 1 amide bonds. The summed E-state index contributed by atoms with van der Waals surface area (Å²) >= 11 is 0. The Morgan fingerprint density at radius 2 is 1.64 bits per heavy atom. The van der Waals surface area contributed by atoms with Gasteiger partial charge in [-0.15, -0.1) is 0 Å². The topological polar surface area (TPSA) is 110 Å². The molecule has 1 saturated heterocycles. The van der Waals surface area contributed by atoms with Crippen LogP contribution in [0.25, 0.3) is 6.08 Å². The number of amides is 1. The fraction of sp³-hybridized carbons (Fsp3) is 0.216. The summed E-state index contributed by atoms with van der Waals surface area (Å²) in [6.07, 6.45) is 4.53. The van der Waals surface area contributed by atoms with Crippen LogP contribution in [0.2, 0.25) is 0 Å². The van der Waals surface area contributed by atoms with Gasteiger partial charge in [0.2, 0.25) is 5.91 Å². The van der Waals surface area contributed by atoms with E-state index in [0.29, 0.717) is 22.7 Å². The number of fused-ring (bicyclic) bond motifs is 6. The van der Waals surface area contributed by atoms with E-state index in [0.717, 1.165) is 23.1 Å². The number of carbonyl (C=O) groups is 3. The molecule has 4 aromatic carbocycles. The predicted octanol–water partition coefficient (Wildman–Crippen LogP) is 6.78. The third-order valence-electron chi connectivity index (χ3n) is 9.35. The second kappa shape index (κ2) is 10.7. The number of para-hydroxylation sites is 1.